The summed E-state index contributed by atoms with van der Waals surface area (Å²) < 4.78 is 2.29. The number of nitrogens with zero attached hydrogens (tertiary/aromatic N) is 2. The fraction of sp³-hybridized carbons (Fsp3) is 0.500. The molecule has 2 heterocycles. The SMILES string of the molecule is CC(C)(C)c1nc2cc(N)ccc2n1C1CCC(=O)NC1. The number of hydrogen-bond acceptors (Lipinski definition) is 3. The van der Waals surface area contributed by atoms with Gasteiger partial charge < -0.3 is 15.6 Å². The number of amides is 1. The van der Waals surface area contributed by atoms with Crippen LogP contribution in [0.4, 0.5) is 5.69 Å². The number of aromatic nitrogens is 2. The van der Waals surface area contributed by atoms with Gasteiger partial charge in [0.2, 0.25) is 5.91 Å². The molecule has 5 heteroatoms. The highest BCUT2D eigenvalue weighted by Crippen LogP contribution is 2.32. The number of rotatable bonds is 1. The second-order valence-electron chi connectivity index (χ2n) is 6.80. The molecule has 3 rings (SSSR count). The van der Waals surface area contributed by atoms with E-state index in [1.807, 2.05) is 18.2 Å². The average Bonchev–Trinajstić information content (AvgIpc) is 2.78. The van der Waals surface area contributed by atoms with E-state index < -0.39 is 0 Å². The zero-order valence-corrected chi connectivity index (χ0v) is 12.8. The fourth-order valence-electron chi connectivity index (χ4n) is 2.95. The molecule has 1 unspecified atom stereocenters. The third-order valence-corrected chi connectivity index (χ3v) is 3.99. The van der Waals surface area contributed by atoms with Crippen molar-refractivity contribution in [2.45, 2.75) is 45.1 Å². The van der Waals surface area contributed by atoms with Crippen molar-refractivity contribution in [1.29, 1.82) is 0 Å². The first-order valence-corrected chi connectivity index (χ1v) is 7.41. The van der Waals surface area contributed by atoms with Crippen LogP contribution in [0.3, 0.4) is 0 Å². The summed E-state index contributed by atoms with van der Waals surface area (Å²) in [6.45, 7) is 7.15. The van der Waals surface area contributed by atoms with Gasteiger partial charge in [0.25, 0.3) is 0 Å². The summed E-state index contributed by atoms with van der Waals surface area (Å²) in [5.41, 5.74) is 8.57. The van der Waals surface area contributed by atoms with Crippen molar-refractivity contribution in [3.8, 4) is 0 Å². The second kappa shape index (κ2) is 4.76. The van der Waals surface area contributed by atoms with Gasteiger partial charge in [0.1, 0.15) is 5.82 Å². The third-order valence-electron chi connectivity index (χ3n) is 3.99. The monoisotopic (exact) mass is 286 g/mol. The van der Waals surface area contributed by atoms with Crippen molar-refractivity contribution >= 4 is 22.6 Å². The van der Waals surface area contributed by atoms with Crippen molar-refractivity contribution < 1.29 is 4.79 Å². The van der Waals surface area contributed by atoms with Crippen LogP contribution in [0.5, 0.6) is 0 Å². The average molecular weight is 286 g/mol. The van der Waals surface area contributed by atoms with Crippen LogP contribution in [-0.2, 0) is 10.2 Å². The lowest BCUT2D eigenvalue weighted by Crippen LogP contribution is -2.37. The normalized spacial score (nSPS) is 19.8. The maximum absolute atomic E-state index is 11.4. The van der Waals surface area contributed by atoms with E-state index in [2.05, 4.69) is 30.7 Å². The van der Waals surface area contributed by atoms with Crippen LogP contribution >= 0.6 is 0 Å². The Morgan fingerprint density at radius 1 is 1.38 bits per heavy atom. The van der Waals surface area contributed by atoms with Gasteiger partial charge in [-0.3, -0.25) is 4.79 Å². The predicted molar refractivity (Wildman–Crippen MR) is 84.1 cm³/mol. The highest BCUT2D eigenvalue weighted by atomic mass is 16.1. The Kier molecular flexibility index (Phi) is 3.15. The minimum Gasteiger partial charge on any atom is -0.399 e. The number of hydrogen-bond donors (Lipinski definition) is 2. The minimum absolute atomic E-state index is 0.0603. The van der Waals surface area contributed by atoms with Crippen LogP contribution in [-0.4, -0.2) is 22.0 Å². The number of piperidine rings is 1. The molecule has 0 bridgehead atoms. The molecule has 1 aromatic carbocycles. The van der Waals surface area contributed by atoms with Gasteiger partial charge in [-0.25, -0.2) is 4.98 Å². The number of nitrogens with one attached hydrogen (secondary N) is 1. The van der Waals surface area contributed by atoms with Gasteiger partial charge in [0.15, 0.2) is 0 Å². The highest BCUT2D eigenvalue weighted by Gasteiger charge is 2.29. The molecule has 0 aliphatic carbocycles. The van der Waals surface area contributed by atoms with Crippen LogP contribution in [0.25, 0.3) is 11.0 Å². The summed E-state index contributed by atoms with van der Waals surface area (Å²) in [5.74, 6) is 1.18. The maximum Gasteiger partial charge on any atom is 0.220 e. The van der Waals surface area contributed by atoms with Crippen LogP contribution in [0.2, 0.25) is 0 Å². The quantitative estimate of drug-likeness (QED) is 0.790. The smallest absolute Gasteiger partial charge is 0.220 e. The molecular formula is C16H22N4O. The lowest BCUT2D eigenvalue weighted by molar-refractivity contribution is -0.122. The number of carbonyl (C=O) groups excluding carboxylic acids is 1. The van der Waals surface area contributed by atoms with Crippen molar-refractivity contribution in [2.24, 2.45) is 0 Å². The molecular weight excluding hydrogens is 264 g/mol. The number of carbonyl (C=O) groups is 1. The topological polar surface area (TPSA) is 72.9 Å². The van der Waals surface area contributed by atoms with Crippen molar-refractivity contribution in [3.63, 3.8) is 0 Å². The summed E-state index contributed by atoms with van der Waals surface area (Å²) in [4.78, 5) is 16.2. The molecule has 0 saturated carbocycles. The maximum atomic E-state index is 11.4. The molecule has 0 radical (unpaired) electrons. The molecule has 1 aliphatic heterocycles. The minimum atomic E-state index is -0.0603. The van der Waals surface area contributed by atoms with Crippen molar-refractivity contribution in [1.82, 2.24) is 14.9 Å². The largest absolute Gasteiger partial charge is 0.399 e. The molecule has 1 aromatic heterocycles. The zero-order chi connectivity index (χ0) is 15.2. The number of imidazole rings is 1. The highest BCUT2D eigenvalue weighted by molar-refractivity contribution is 5.80. The first kappa shape index (κ1) is 13.9. The second-order valence-corrected chi connectivity index (χ2v) is 6.80. The van der Waals surface area contributed by atoms with Gasteiger partial charge in [-0.05, 0) is 24.6 Å². The van der Waals surface area contributed by atoms with Crippen molar-refractivity contribution in [2.75, 3.05) is 12.3 Å². The molecule has 1 fully saturated rings. The molecule has 0 spiro atoms. The van der Waals surface area contributed by atoms with Crippen molar-refractivity contribution in [3.05, 3.63) is 24.0 Å². The summed E-state index contributed by atoms with van der Waals surface area (Å²) in [5, 5.41) is 2.96. The Morgan fingerprint density at radius 2 is 2.14 bits per heavy atom. The molecule has 1 aliphatic rings. The molecule has 1 saturated heterocycles. The molecule has 112 valence electrons. The van der Waals surface area contributed by atoms with Gasteiger partial charge in [0.05, 0.1) is 17.1 Å². The molecule has 5 nitrogen and oxygen atoms in total. The van der Waals surface area contributed by atoms with E-state index in [0.717, 1.165) is 29.0 Å². The lowest BCUT2D eigenvalue weighted by Gasteiger charge is -2.29. The summed E-state index contributed by atoms with van der Waals surface area (Å²) in [6, 6.07) is 6.12. The third kappa shape index (κ3) is 2.48. The first-order chi connectivity index (χ1) is 9.86. The van der Waals surface area contributed by atoms with Gasteiger partial charge >= 0.3 is 0 Å². The van der Waals surface area contributed by atoms with Gasteiger partial charge in [-0.1, -0.05) is 20.8 Å². The van der Waals surface area contributed by atoms with E-state index >= 15 is 0 Å². The Balaban J connectivity index is 2.16. The predicted octanol–water partition coefficient (Wildman–Crippen LogP) is 2.37. The van der Waals surface area contributed by atoms with E-state index in [1.54, 1.807) is 0 Å². The van der Waals surface area contributed by atoms with Crippen LogP contribution in [0.1, 0.15) is 45.5 Å². The van der Waals surface area contributed by atoms with Crippen LogP contribution in [0.15, 0.2) is 18.2 Å². The van der Waals surface area contributed by atoms with E-state index in [9.17, 15) is 4.79 Å². The Labute approximate surface area is 124 Å². The molecule has 2 aromatic rings. The number of nitrogen functional groups attached to an aromatic ring is 1. The lowest BCUT2D eigenvalue weighted by atomic mass is 9.94. The number of nitrogens with two attached hydrogens (primary N) is 1. The fourth-order valence-corrected chi connectivity index (χ4v) is 2.95. The van der Waals surface area contributed by atoms with Crippen LogP contribution in [0, 0.1) is 0 Å². The zero-order valence-electron chi connectivity index (χ0n) is 12.8. The van der Waals surface area contributed by atoms with Gasteiger partial charge in [-0.15, -0.1) is 0 Å². The summed E-state index contributed by atoms with van der Waals surface area (Å²) in [6.07, 6.45) is 1.42. The molecule has 1 amide bonds. The first-order valence-electron chi connectivity index (χ1n) is 7.41. The molecule has 1 atom stereocenters. The van der Waals surface area contributed by atoms with Gasteiger partial charge in [0, 0.05) is 24.1 Å². The standard InChI is InChI=1S/C16H22N4O/c1-16(2,3)15-19-12-8-10(17)4-6-13(12)20(15)11-5-7-14(21)18-9-11/h4,6,8,11H,5,7,9,17H2,1-3H3,(H,18,21). The Hall–Kier alpha value is -2.04. The van der Waals surface area contributed by atoms with Gasteiger partial charge in [-0.2, -0.15) is 0 Å². The summed E-state index contributed by atoms with van der Waals surface area (Å²) >= 11 is 0. The number of fused-ring (bicyclic) bond motifs is 1. The van der Waals surface area contributed by atoms with E-state index in [-0.39, 0.29) is 17.4 Å². The van der Waals surface area contributed by atoms with E-state index in [4.69, 9.17) is 10.7 Å². The Bertz CT molecular complexity index is 686. The van der Waals surface area contributed by atoms with E-state index in [0.29, 0.717) is 13.0 Å². The Morgan fingerprint density at radius 3 is 2.76 bits per heavy atom. The number of anilines is 1. The summed E-state index contributed by atoms with van der Waals surface area (Å²) in [7, 11) is 0. The molecule has 3 N–H and O–H groups in total. The van der Waals surface area contributed by atoms with Crippen LogP contribution < -0.4 is 11.1 Å². The molecule has 21 heavy (non-hydrogen) atoms. The van der Waals surface area contributed by atoms with E-state index in [1.165, 1.54) is 0 Å². The number of benzene rings is 1.